The maximum absolute atomic E-state index is 14.4. The Kier molecular flexibility index (Phi) is 4.65. The number of halogens is 2. The summed E-state index contributed by atoms with van der Waals surface area (Å²) in [6.07, 6.45) is 2.08. The van der Waals surface area contributed by atoms with Crippen LogP contribution in [0.15, 0.2) is 18.2 Å². The second-order valence-electron chi connectivity index (χ2n) is 7.99. The predicted molar refractivity (Wildman–Crippen MR) is 89.7 cm³/mol. The molecule has 2 fully saturated rings. The molecule has 2 aliphatic heterocycles. The van der Waals surface area contributed by atoms with E-state index in [1.807, 2.05) is 4.90 Å². The molecule has 5 heteroatoms. The van der Waals surface area contributed by atoms with Gasteiger partial charge < -0.3 is 4.90 Å². The van der Waals surface area contributed by atoms with Gasteiger partial charge in [0.2, 0.25) is 5.91 Å². The van der Waals surface area contributed by atoms with Crippen molar-refractivity contribution in [2.24, 2.45) is 5.92 Å². The van der Waals surface area contributed by atoms with Gasteiger partial charge in [0.25, 0.3) is 0 Å². The van der Waals surface area contributed by atoms with Crippen molar-refractivity contribution >= 4 is 5.91 Å². The number of likely N-dealkylation sites (tertiary alicyclic amines) is 2. The van der Waals surface area contributed by atoms with Crippen LogP contribution in [0.3, 0.4) is 0 Å². The molecular weight excluding hydrogens is 310 g/mol. The average molecular weight is 336 g/mol. The molecule has 0 radical (unpaired) electrons. The molecule has 0 aromatic heterocycles. The Bertz CT molecular complexity index is 620. The Morgan fingerprint density at radius 1 is 1.12 bits per heavy atom. The van der Waals surface area contributed by atoms with Gasteiger partial charge in [-0.2, -0.15) is 0 Å². The van der Waals surface area contributed by atoms with Crippen molar-refractivity contribution in [1.29, 1.82) is 0 Å². The Morgan fingerprint density at radius 2 is 1.79 bits per heavy atom. The van der Waals surface area contributed by atoms with Gasteiger partial charge in [0.15, 0.2) is 0 Å². The highest BCUT2D eigenvalue weighted by Gasteiger charge is 2.44. The van der Waals surface area contributed by atoms with Gasteiger partial charge in [-0.1, -0.05) is 6.07 Å². The molecule has 2 heterocycles. The molecule has 1 amide bonds. The van der Waals surface area contributed by atoms with Gasteiger partial charge in [-0.3, -0.25) is 9.69 Å². The van der Waals surface area contributed by atoms with E-state index < -0.39 is 11.6 Å². The van der Waals surface area contributed by atoms with E-state index in [1.54, 1.807) is 0 Å². The zero-order chi connectivity index (χ0) is 17.5. The van der Waals surface area contributed by atoms with Crippen molar-refractivity contribution in [3.63, 3.8) is 0 Å². The molecule has 1 aromatic carbocycles. The molecule has 3 rings (SSSR count). The maximum atomic E-state index is 14.4. The van der Waals surface area contributed by atoms with Crippen LogP contribution in [0.2, 0.25) is 0 Å². The Balaban J connectivity index is 1.91. The van der Waals surface area contributed by atoms with Gasteiger partial charge in [-0.25, -0.2) is 8.78 Å². The van der Waals surface area contributed by atoms with Crippen LogP contribution in [0.5, 0.6) is 0 Å². The molecule has 0 spiro atoms. The topological polar surface area (TPSA) is 23.6 Å². The molecule has 0 saturated carbocycles. The predicted octanol–water partition coefficient (Wildman–Crippen LogP) is 3.40. The highest BCUT2D eigenvalue weighted by Crippen LogP contribution is 2.38. The SMILES string of the molecule is CC(C)(C)N1C[C@@H](C(=O)N2CCCC2)[C@H](c2ccc(F)cc2F)C1. The summed E-state index contributed by atoms with van der Waals surface area (Å²) < 4.78 is 27.6. The summed E-state index contributed by atoms with van der Waals surface area (Å²) in [4.78, 5) is 17.1. The molecular formula is C19H26F2N2O. The number of hydrogen-bond acceptors (Lipinski definition) is 2. The first-order valence-corrected chi connectivity index (χ1v) is 8.76. The summed E-state index contributed by atoms with van der Waals surface area (Å²) in [7, 11) is 0. The van der Waals surface area contributed by atoms with Crippen LogP contribution >= 0.6 is 0 Å². The molecule has 24 heavy (non-hydrogen) atoms. The fraction of sp³-hybridized carbons (Fsp3) is 0.632. The number of benzene rings is 1. The molecule has 2 saturated heterocycles. The van der Waals surface area contributed by atoms with Crippen molar-refractivity contribution in [1.82, 2.24) is 9.80 Å². The number of carbonyl (C=O) groups excluding carboxylic acids is 1. The van der Waals surface area contributed by atoms with Crippen LogP contribution in [0.25, 0.3) is 0 Å². The second-order valence-corrected chi connectivity index (χ2v) is 7.99. The lowest BCUT2D eigenvalue weighted by Gasteiger charge is -2.32. The van der Waals surface area contributed by atoms with Crippen LogP contribution in [0.1, 0.15) is 45.1 Å². The molecule has 2 atom stereocenters. The highest BCUT2D eigenvalue weighted by atomic mass is 19.1. The first kappa shape index (κ1) is 17.3. The Morgan fingerprint density at radius 3 is 2.38 bits per heavy atom. The third kappa shape index (κ3) is 3.32. The van der Waals surface area contributed by atoms with Crippen molar-refractivity contribution in [3.05, 3.63) is 35.4 Å². The summed E-state index contributed by atoms with van der Waals surface area (Å²) in [5.41, 5.74) is 0.370. The van der Waals surface area contributed by atoms with Crippen LogP contribution < -0.4 is 0 Å². The van der Waals surface area contributed by atoms with Crippen LogP contribution in [0, 0.1) is 17.6 Å². The molecule has 2 aliphatic rings. The lowest BCUT2D eigenvalue weighted by atomic mass is 9.87. The maximum Gasteiger partial charge on any atom is 0.227 e. The molecule has 0 bridgehead atoms. The first-order valence-electron chi connectivity index (χ1n) is 8.76. The van der Waals surface area contributed by atoms with Crippen LogP contribution in [-0.2, 0) is 4.79 Å². The smallest absolute Gasteiger partial charge is 0.227 e. The van der Waals surface area contributed by atoms with Gasteiger partial charge in [-0.05, 0) is 45.2 Å². The minimum absolute atomic E-state index is 0.0885. The molecule has 0 unspecified atom stereocenters. The highest BCUT2D eigenvalue weighted by molar-refractivity contribution is 5.81. The van der Waals surface area contributed by atoms with Gasteiger partial charge >= 0.3 is 0 Å². The fourth-order valence-electron chi connectivity index (χ4n) is 3.89. The van der Waals surface area contributed by atoms with E-state index in [0.29, 0.717) is 18.7 Å². The molecule has 0 aliphatic carbocycles. The lowest BCUT2D eigenvalue weighted by molar-refractivity contribution is -0.134. The van der Waals surface area contributed by atoms with Crippen LogP contribution in [0.4, 0.5) is 8.78 Å². The van der Waals surface area contributed by atoms with Crippen molar-refractivity contribution < 1.29 is 13.6 Å². The number of amides is 1. The summed E-state index contributed by atoms with van der Waals surface area (Å²) in [5.74, 6) is -1.49. The first-order chi connectivity index (χ1) is 11.3. The van der Waals surface area contributed by atoms with Crippen molar-refractivity contribution in [2.45, 2.75) is 45.1 Å². The Hall–Kier alpha value is -1.49. The summed E-state index contributed by atoms with van der Waals surface area (Å²) >= 11 is 0. The third-order valence-electron chi connectivity index (χ3n) is 5.37. The van der Waals surface area contributed by atoms with Gasteiger partial charge in [0.1, 0.15) is 11.6 Å². The number of nitrogens with zero attached hydrogens (tertiary/aromatic N) is 2. The molecule has 132 valence electrons. The molecule has 3 nitrogen and oxygen atoms in total. The fourth-order valence-corrected chi connectivity index (χ4v) is 3.89. The van der Waals surface area contributed by atoms with Crippen molar-refractivity contribution in [3.8, 4) is 0 Å². The van der Waals surface area contributed by atoms with E-state index in [-0.39, 0.29) is 23.3 Å². The quantitative estimate of drug-likeness (QED) is 0.826. The summed E-state index contributed by atoms with van der Waals surface area (Å²) in [6.45, 7) is 9.15. The van der Waals surface area contributed by atoms with Gasteiger partial charge in [-0.15, -0.1) is 0 Å². The summed E-state index contributed by atoms with van der Waals surface area (Å²) in [5, 5.41) is 0. The zero-order valence-electron chi connectivity index (χ0n) is 14.7. The lowest BCUT2D eigenvalue weighted by Crippen LogP contribution is -2.41. The Labute approximate surface area is 142 Å². The van der Waals surface area contributed by atoms with E-state index in [4.69, 9.17) is 0 Å². The van der Waals surface area contributed by atoms with Gasteiger partial charge in [0.05, 0.1) is 5.92 Å². The molecule has 0 N–H and O–H groups in total. The van der Waals surface area contributed by atoms with E-state index in [9.17, 15) is 13.6 Å². The standard InChI is InChI=1S/C19H26F2N2O/c1-19(2,3)23-11-15(14-7-6-13(20)10-17(14)21)16(12-23)18(24)22-8-4-5-9-22/h6-7,10,15-16H,4-5,8-9,11-12H2,1-3H3/t15-,16+/m0/s1. The van der Waals surface area contributed by atoms with E-state index in [2.05, 4.69) is 25.7 Å². The minimum Gasteiger partial charge on any atom is -0.342 e. The monoisotopic (exact) mass is 336 g/mol. The zero-order valence-corrected chi connectivity index (χ0v) is 14.7. The summed E-state index contributed by atoms with van der Waals surface area (Å²) in [6, 6.07) is 3.72. The van der Waals surface area contributed by atoms with E-state index in [0.717, 1.165) is 32.0 Å². The van der Waals surface area contributed by atoms with E-state index >= 15 is 0 Å². The number of rotatable bonds is 2. The van der Waals surface area contributed by atoms with E-state index in [1.165, 1.54) is 12.1 Å². The normalized spacial score (nSPS) is 25.5. The average Bonchev–Trinajstić information content (AvgIpc) is 3.16. The van der Waals surface area contributed by atoms with Crippen molar-refractivity contribution in [2.75, 3.05) is 26.2 Å². The largest absolute Gasteiger partial charge is 0.342 e. The van der Waals surface area contributed by atoms with Gasteiger partial charge in [0, 0.05) is 43.7 Å². The second kappa shape index (κ2) is 6.43. The number of hydrogen-bond donors (Lipinski definition) is 0. The number of carbonyl (C=O) groups is 1. The van der Waals surface area contributed by atoms with Crippen LogP contribution in [-0.4, -0.2) is 47.4 Å². The molecule has 1 aromatic rings. The minimum atomic E-state index is -0.579. The third-order valence-corrected chi connectivity index (χ3v) is 5.37.